The van der Waals surface area contributed by atoms with E-state index in [-0.39, 0.29) is 30.0 Å². The smallest absolute Gasteiger partial charge is 0.409 e. The van der Waals surface area contributed by atoms with E-state index < -0.39 is 0 Å². The van der Waals surface area contributed by atoms with Gasteiger partial charge in [0.05, 0.1) is 20.1 Å². The number of rotatable bonds is 6. The molecule has 0 radical (unpaired) electrons. The molecular formula is C27H31N3O5. The lowest BCUT2D eigenvalue weighted by atomic mass is 10.0. The van der Waals surface area contributed by atoms with Crippen molar-refractivity contribution in [2.45, 2.75) is 39.2 Å². The Balaban J connectivity index is 1.49. The number of hydrogen-bond acceptors (Lipinski definition) is 5. The number of methoxy groups -OCH3 is 1. The van der Waals surface area contributed by atoms with E-state index >= 15 is 0 Å². The number of likely N-dealkylation sites (tertiary alicyclic amines) is 1. The third kappa shape index (κ3) is 5.31. The van der Waals surface area contributed by atoms with E-state index in [1.54, 1.807) is 47.9 Å². The quantitative estimate of drug-likeness (QED) is 0.572. The van der Waals surface area contributed by atoms with Gasteiger partial charge in [-0.05, 0) is 62.1 Å². The summed E-state index contributed by atoms with van der Waals surface area (Å²) in [6.45, 7) is 5.18. The monoisotopic (exact) mass is 477 g/mol. The largest absolute Gasteiger partial charge is 0.496 e. The molecule has 4 rings (SSSR count). The zero-order chi connectivity index (χ0) is 24.9. The summed E-state index contributed by atoms with van der Waals surface area (Å²) in [6.07, 6.45) is 3.07. The summed E-state index contributed by atoms with van der Waals surface area (Å²) >= 11 is 0. The number of benzene rings is 2. The molecular weight excluding hydrogens is 446 g/mol. The highest BCUT2D eigenvalue weighted by atomic mass is 16.6. The van der Waals surface area contributed by atoms with Crippen LogP contribution in [0.25, 0.3) is 10.8 Å². The Bertz CT molecular complexity index is 1290. The first-order valence-electron chi connectivity index (χ1n) is 11.9. The van der Waals surface area contributed by atoms with Gasteiger partial charge in [0, 0.05) is 41.8 Å². The summed E-state index contributed by atoms with van der Waals surface area (Å²) < 4.78 is 12.1. The molecule has 0 aliphatic carbocycles. The van der Waals surface area contributed by atoms with Gasteiger partial charge in [-0.2, -0.15) is 0 Å². The molecule has 0 bridgehead atoms. The van der Waals surface area contributed by atoms with Crippen LogP contribution >= 0.6 is 0 Å². The second-order valence-corrected chi connectivity index (χ2v) is 8.74. The van der Waals surface area contributed by atoms with E-state index in [2.05, 4.69) is 5.32 Å². The highest BCUT2D eigenvalue weighted by molar-refractivity contribution is 6.02. The maximum absolute atomic E-state index is 13.3. The number of anilines is 1. The average Bonchev–Trinajstić information content (AvgIpc) is 2.85. The lowest BCUT2D eigenvalue weighted by Gasteiger charge is -2.32. The van der Waals surface area contributed by atoms with Crippen molar-refractivity contribution in [3.8, 4) is 5.75 Å². The fraction of sp³-hybridized carbons (Fsp3) is 0.370. The van der Waals surface area contributed by atoms with Gasteiger partial charge in [-0.25, -0.2) is 4.79 Å². The van der Waals surface area contributed by atoms with Gasteiger partial charge in [-0.15, -0.1) is 0 Å². The lowest BCUT2D eigenvalue weighted by Crippen LogP contribution is -2.41. The predicted octanol–water partition coefficient (Wildman–Crippen LogP) is 4.29. The van der Waals surface area contributed by atoms with Gasteiger partial charge in [0.15, 0.2) is 0 Å². The molecule has 1 aromatic heterocycles. The van der Waals surface area contributed by atoms with E-state index in [1.165, 1.54) is 0 Å². The molecule has 0 unspecified atom stereocenters. The molecule has 8 heteroatoms. The van der Waals surface area contributed by atoms with Gasteiger partial charge in [0.25, 0.3) is 5.56 Å². The molecule has 1 fully saturated rings. The molecule has 1 saturated heterocycles. The maximum atomic E-state index is 13.3. The average molecular weight is 478 g/mol. The van der Waals surface area contributed by atoms with Gasteiger partial charge in [-0.1, -0.05) is 18.2 Å². The normalized spacial score (nSPS) is 14.1. The first-order valence-corrected chi connectivity index (χ1v) is 11.9. The lowest BCUT2D eigenvalue weighted by molar-refractivity contribution is -0.115. The van der Waals surface area contributed by atoms with Gasteiger partial charge >= 0.3 is 6.09 Å². The molecule has 1 N–H and O–H groups in total. The first kappa shape index (κ1) is 24.3. The maximum Gasteiger partial charge on any atom is 0.409 e. The van der Waals surface area contributed by atoms with Crippen LogP contribution in [0.15, 0.2) is 53.5 Å². The van der Waals surface area contributed by atoms with Gasteiger partial charge in [-0.3, -0.25) is 9.59 Å². The molecule has 2 aromatic carbocycles. The second kappa shape index (κ2) is 10.6. The predicted molar refractivity (Wildman–Crippen MR) is 135 cm³/mol. The van der Waals surface area contributed by atoms with Crippen LogP contribution in [0.5, 0.6) is 5.75 Å². The zero-order valence-corrected chi connectivity index (χ0v) is 20.4. The number of amides is 2. The summed E-state index contributed by atoms with van der Waals surface area (Å²) in [5.74, 6) is 0.628. The number of aryl methyl sites for hydroxylation is 1. The van der Waals surface area contributed by atoms with Crippen LogP contribution in [0.1, 0.15) is 36.9 Å². The van der Waals surface area contributed by atoms with Gasteiger partial charge in [0.1, 0.15) is 5.75 Å². The summed E-state index contributed by atoms with van der Waals surface area (Å²) in [4.78, 5) is 39.7. The number of aromatic nitrogens is 1. The minimum absolute atomic E-state index is 0.00846. The zero-order valence-electron chi connectivity index (χ0n) is 20.4. The van der Waals surface area contributed by atoms with Crippen molar-refractivity contribution in [3.05, 3.63) is 70.1 Å². The Labute approximate surface area is 204 Å². The van der Waals surface area contributed by atoms with E-state index in [0.29, 0.717) is 49.0 Å². The van der Waals surface area contributed by atoms with Crippen LogP contribution < -0.4 is 15.6 Å². The number of piperidine rings is 1. The van der Waals surface area contributed by atoms with Crippen LogP contribution in [0, 0.1) is 6.92 Å². The highest BCUT2D eigenvalue weighted by Gasteiger charge is 2.25. The van der Waals surface area contributed by atoms with Crippen molar-refractivity contribution in [2.24, 2.45) is 0 Å². The fourth-order valence-electron chi connectivity index (χ4n) is 4.66. The Morgan fingerprint density at radius 2 is 1.86 bits per heavy atom. The Hall–Kier alpha value is -3.81. The molecule has 184 valence electrons. The molecule has 8 nitrogen and oxygen atoms in total. The molecule has 2 amide bonds. The van der Waals surface area contributed by atoms with Crippen LogP contribution in [-0.4, -0.2) is 48.3 Å². The molecule has 35 heavy (non-hydrogen) atoms. The van der Waals surface area contributed by atoms with E-state index in [4.69, 9.17) is 9.47 Å². The van der Waals surface area contributed by atoms with Crippen LogP contribution in [0.3, 0.4) is 0 Å². The van der Waals surface area contributed by atoms with Gasteiger partial charge in [0.2, 0.25) is 5.91 Å². The van der Waals surface area contributed by atoms with Crippen molar-refractivity contribution < 1.29 is 19.1 Å². The van der Waals surface area contributed by atoms with Gasteiger partial charge < -0.3 is 24.3 Å². The molecule has 3 aromatic rings. The van der Waals surface area contributed by atoms with Crippen molar-refractivity contribution in [1.82, 2.24) is 9.47 Å². The van der Waals surface area contributed by atoms with E-state index in [1.807, 2.05) is 31.2 Å². The van der Waals surface area contributed by atoms with E-state index in [0.717, 1.165) is 16.9 Å². The van der Waals surface area contributed by atoms with Crippen LogP contribution in [-0.2, 0) is 16.0 Å². The van der Waals surface area contributed by atoms with Crippen LogP contribution in [0.4, 0.5) is 10.5 Å². The molecule has 0 spiro atoms. The Kier molecular flexibility index (Phi) is 7.39. The number of pyridine rings is 1. The Morgan fingerprint density at radius 3 is 2.54 bits per heavy atom. The molecule has 0 saturated carbocycles. The molecule has 1 aliphatic rings. The van der Waals surface area contributed by atoms with Crippen molar-refractivity contribution in [1.29, 1.82) is 0 Å². The number of carbonyl (C=O) groups excluding carboxylic acids is 2. The summed E-state index contributed by atoms with van der Waals surface area (Å²) in [5.41, 5.74) is 2.37. The van der Waals surface area contributed by atoms with E-state index in [9.17, 15) is 14.4 Å². The summed E-state index contributed by atoms with van der Waals surface area (Å²) in [6, 6.07) is 12.9. The summed E-state index contributed by atoms with van der Waals surface area (Å²) in [5, 5.41) is 4.22. The number of fused-ring (bicyclic) bond motifs is 1. The second-order valence-electron chi connectivity index (χ2n) is 8.74. The molecule has 0 atom stereocenters. The SMILES string of the molecule is CCOC(=O)N1CCC(n2ccc3c(NC(=O)Cc4ccc(OC)c(C)c4)cccc3c2=O)CC1. The number of hydrogen-bond donors (Lipinski definition) is 1. The molecule has 1 aliphatic heterocycles. The number of nitrogens with zero attached hydrogens (tertiary/aromatic N) is 2. The number of ether oxygens (including phenoxy) is 2. The first-order chi connectivity index (χ1) is 16.9. The van der Waals surface area contributed by atoms with Crippen molar-refractivity contribution >= 4 is 28.5 Å². The van der Waals surface area contributed by atoms with Crippen molar-refractivity contribution in [3.63, 3.8) is 0 Å². The standard InChI is InChI=1S/C27H31N3O5/c1-4-35-27(33)29-13-10-20(11-14-29)30-15-12-21-22(26(30)32)6-5-7-23(21)28-25(31)17-19-8-9-24(34-3)18(2)16-19/h5-9,12,15-16,20H,4,10-11,13-14,17H2,1-3H3,(H,28,31). The minimum Gasteiger partial charge on any atom is -0.496 e. The van der Waals surface area contributed by atoms with Crippen molar-refractivity contribution in [2.75, 3.05) is 32.1 Å². The number of nitrogens with one attached hydrogen (secondary N) is 1. The summed E-state index contributed by atoms with van der Waals surface area (Å²) in [7, 11) is 1.62. The Morgan fingerprint density at radius 1 is 1.09 bits per heavy atom. The topological polar surface area (TPSA) is 89.9 Å². The third-order valence-electron chi connectivity index (χ3n) is 6.45. The highest BCUT2D eigenvalue weighted by Crippen LogP contribution is 2.26. The van der Waals surface area contributed by atoms with Crippen LogP contribution in [0.2, 0.25) is 0 Å². The third-order valence-corrected chi connectivity index (χ3v) is 6.45. The number of carbonyl (C=O) groups is 2. The minimum atomic E-state index is -0.304. The molecule has 2 heterocycles. The fourth-order valence-corrected chi connectivity index (χ4v) is 4.66.